The summed E-state index contributed by atoms with van der Waals surface area (Å²) in [7, 11) is 0. The maximum absolute atomic E-state index is 12.5. The maximum atomic E-state index is 12.5. The Balaban J connectivity index is 2.13. The molecule has 1 aromatic rings. The van der Waals surface area contributed by atoms with Gasteiger partial charge in [-0.3, -0.25) is 4.79 Å². The number of rotatable bonds is 1. The van der Waals surface area contributed by atoms with Crippen LogP contribution in [-0.4, -0.2) is 41.1 Å². The summed E-state index contributed by atoms with van der Waals surface area (Å²) >= 11 is 1.50. The fourth-order valence-electron chi connectivity index (χ4n) is 2.22. The molecule has 1 fully saturated rings. The van der Waals surface area contributed by atoms with Crippen molar-refractivity contribution < 1.29 is 9.53 Å². The summed E-state index contributed by atoms with van der Waals surface area (Å²) in [6.45, 7) is 11.7. The molecule has 0 N–H and O–H groups in total. The Morgan fingerprint density at radius 1 is 1.37 bits per heavy atom. The zero-order valence-corrected chi connectivity index (χ0v) is 13.1. The molecular weight excluding hydrogens is 260 g/mol. The third-order valence-corrected chi connectivity index (χ3v) is 4.48. The smallest absolute Gasteiger partial charge is 0.265 e. The Morgan fingerprint density at radius 2 is 1.95 bits per heavy atom. The van der Waals surface area contributed by atoms with Crippen LogP contribution >= 0.6 is 11.3 Å². The van der Waals surface area contributed by atoms with Gasteiger partial charge in [0.2, 0.25) is 0 Å². The second kappa shape index (κ2) is 5.21. The van der Waals surface area contributed by atoms with Crippen molar-refractivity contribution in [3.8, 4) is 0 Å². The highest BCUT2D eigenvalue weighted by atomic mass is 32.1. The quantitative estimate of drug-likeness (QED) is 0.795. The van der Waals surface area contributed by atoms with Crippen LogP contribution in [-0.2, 0) is 10.2 Å². The molecule has 2 atom stereocenters. The van der Waals surface area contributed by atoms with Crippen LogP contribution < -0.4 is 0 Å². The first-order valence-corrected chi connectivity index (χ1v) is 7.50. The first-order valence-electron chi connectivity index (χ1n) is 6.68. The second-order valence-electron chi connectivity index (χ2n) is 6.25. The van der Waals surface area contributed by atoms with Crippen LogP contribution in [0.15, 0.2) is 6.20 Å². The van der Waals surface area contributed by atoms with Crippen molar-refractivity contribution in [2.45, 2.75) is 52.2 Å². The van der Waals surface area contributed by atoms with Crippen molar-refractivity contribution >= 4 is 17.2 Å². The lowest BCUT2D eigenvalue weighted by molar-refractivity contribution is -0.0585. The van der Waals surface area contributed by atoms with Crippen molar-refractivity contribution in [2.24, 2.45) is 0 Å². The molecule has 19 heavy (non-hydrogen) atoms. The molecule has 1 aliphatic rings. The van der Waals surface area contributed by atoms with Crippen LogP contribution in [0.1, 0.15) is 49.3 Å². The number of hydrogen-bond acceptors (Lipinski definition) is 4. The van der Waals surface area contributed by atoms with Gasteiger partial charge in [0.1, 0.15) is 4.88 Å². The van der Waals surface area contributed by atoms with Gasteiger partial charge >= 0.3 is 0 Å². The number of ether oxygens (including phenoxy) is 1. The molecule has 4 nitrogen and oxygen atoms in total. The van der Waals surface area contributed by atoms with Crippen LogP contribution in [0, 0.1) is 0 Å². The summed E-state index contributed by atoms with van der Waals surface area (Å²) in [4.78, 5) is 19.5. The summed E-state index contributed by atoms with van der Waals surface area (Å²) in [6, 6.07) is 0. The predicted molar refractivity (Wildman–Crippen MR) is 76.7 cm³/mol. The lowest BCUT2D eigenvalue weighted by Gasteiger charge is -2.35. The summed E-state index contributed by atoms with van der Waals surface area (Å²) in [5, 5.41) is 1.00. The minimum Gasteiger partial charge on any atom is -0.372 e. The van der Waals surface area contributed by atoms with Gasteiger partial charge in [0.25, 0.3) is 5.91 Å². The van der Waals surface area contributed by atoms with Gasteiger partial charge in [-0.2, -0.15) is 0 Å². The Hall–Kier alpha value is -0.940. The molecule has 0 saturated carbocycles. The lowest BCUT2D eigenvalue weighted by Crippen LogP contribution is -2.48. The van der Waals surface area contributed by atoms with Crippen molar-refractivity contribution in [1.29, 1.82) is 0 Å². The Kier molecular flexibility index (Phi) is 3.97. The molecule has 0 spiro atoms. The van der Waals surface area contributed by atoms with Crippen LogP contribution in [0.3, 0.4) is 0 Å². The molecule has 1 saturated heterocycles. The average molecular weight is 282 g/mol. The normalized spacial score (nSPS) is 24.6. The maximum Gasteiger partial charge on any atom is 0.265 e. The number of amides is 1. The molecule has 2 rings (SSSR count). The number of thiazole rings is 1. The van der Waals surface area contributed by atoms with Crippen LogP contribution in [0.25, 0.3) is 0 Å². The van der Waals surface area contributed by atoms with Gasteiger partial charge < -0.3 is 9.64 Å². The Bertz CT molecular complexity index is 454. The van der Waals surface area contributed by atoms with Gasteiger partial charge in [0.15, 0.2) is 0 Å². The van der Waals surface area contributed by atoms with E-state index in [1.165, 1.54) is 11.3 Å². The van der Waals surface area contributed by atoms with Crippen LogP contribution in [0.5, 0.6) is 0 Å². The molecule has 0 aromatic carbocycles. The highest BCUT2D eigenvalue weighted by Crippen LogP contribution is 2.28. The van der Waals surface area contributed by atoms with Gasteiger partial charge in [-0.1, -0.05) is 20.8 Å². The van der Waals surface area contributed by atoms with Gasteiger partial charge in [-0.15, -0.1) is 11.3 Å². The number of hydrogen-bond donors (Lipinski definition) is 0. The summed E-state index contributed by atoms with van der Waals surface area (Å²) in [6.07, 6.45) is 1.91. The highest BCUT2D eigenvalue weighted by Gasteiger charge is 2.28. The summed E-state index contributed by atoms with van der Waals surface area (Å²) in [5.41, 5.74) is -0.00517. The van der Waals surface area contributed by atoms with E-state index in [0.717, 1.165) is 9.88 Å². The van der Waals surface area contributed by atoms with Crippen molar-refractivity contribution in [3.63, 3.8) is 0 Å². The molecule has 0 radical (unpaired) electrons. The molecular formula is C14H22N2O2S. The molecule has 5 heteroatoms. The molecule has 0 aliphatic carbocycles. The van der Waals surface area contributed by atoms with Crippen molar-refractivity contribution in [3.05, 3.63) is 16.1 Å². The van der Waals surface area contributed by atoms with Crippen molar-refractivity contribution in [2.75, 3.05) is 13.1 Å². The van der Waals surface area contributed by atoms with Gasteiger partial charge in [-0.25, -0.2) is 4.98 Å². The lowest BCUT2D eigenvalue weighted by atomic mass is 9.98. The predicted octanol–water partition coefficient (Wildman–Crippen LogP) is 2.69. The van der Waals surface area contributed by atoms with Crippen LogP contribution in [0.4, 0.5) is 0 Å². The topological polar surface area (TPSA) is 42.4 Å². The average Bonchev–Trinajstić information content (AvgIpc) is 2.75. The van der Waals surface area contributed by atoms with E-state index in [2.05, 4.69) is 25.8 Å². The van der Waals surface area contributed by atoms with E-state index in [1.54, 1.807) is 6.20 Å². The number of carbonyl (C=O) groups excluding carboxylic acids is 1. The zero-order chi connectivity index (χ0) is 14.2. The standard InChI is InChI=1S/C14H22N2O2S/c1-9-7-16(8-10(2)18-9)12(17)11-6-15-13(19-11)14(3,4)5/h6,9-10H,7-8H2,1-5H3/t9-,10+. The third kappa shape index (κ3) is 3.34. The molecule has 1 aromatic heterocycles. The van der Waals surface area contributed by atoms with Crippen LogP contribution in [0.2, 0.25) is 0 Å². The molecule has 1 aliphatic heterocycles. The first kappa shape index (κ1) is 14.5. The van der Waals surface area contributed by atoms with E-state index in [9.17, 15) is 4.79 Å². The molecule has 0 unspecified atom stereocenters. The van der Waals surface area contributed by atoms with E-state index in [4.69, 9.17) is 4.74 Å². The molecule has 106 valence electrons. The van der Waals surface area contributed by atoms with Gasteiger partial charge in [0.05, 0.1) is 23.4 Å². The van der Waals surface area contributed by atoms with E-state index >= 15 is 0 Å². The number of morpholine rings is 1. The Labute approximate surface area is 118 Å². The summed E-state index contributed by atoms with van der Waals surface area (Å²) < 4.78 is 5.66. The van der Waals surface area contributed by atoms with E-state index in [0.29, 0.717) is 13.1 Å². The minimum atomic E-state index is -0.00517. The van der Waals surface area contributed by atoms with Gasteiger partial charge in [-0.05, 0) is 13.8 Å². The number of carbonyl (C=O) groups is 1. The number of aromatic nitrogens is 1. The largest absolute Gasteiger partial charge is 0.372 e. The third-order valence-electron chi connectivity index (χ3n) is 3.06. The Morgan fingerprint density at radius 3 is 2.42 bits per heavy atom. The first-order chi connectivity index (χ1) is 8.77. The van der Waals surface area contributed by atoms with E-state index < -0.39 is 0 Å². The van der Waals surface area contributed by atoms with Crippen molar-refractivity contribution in [1.82, 2.24) is 9.88 Å². The fourth-order valence-corrected chi connectivity index (χ4v) is 3.16. The molecule has 0 bridgehead atoms. The fraction of sp³-hybridized carbons (Fsp3) is 0.714. The van der Waals surface area contributed by atoms with Gasteiger partial charge in [0, 0.05) is 18.5 Å². The number of nitrogens with zero attached hydrogens (tertiary/aromatic N) is 2. The SMILES string of the molecule is C[C@@H]1CN(C(=O)c2cnc(C(C)(C)C)s2)C[C@H](C)O1. The zero-order valence-electron chi connectivity index (χ0n) is 12.3. The van der Waals surface area contributed by atoms with E-state index in [1.807, 2.05) is 18.7 Å². The second-order valence-corrected chi connectivity index (χ2v) is 7.28. The summed E-state index contributed by atoms with van der Waals surface area (Å²) in [5.74, 6) is 0.0787. The monoisotopic (exact) mass is 282 g/mol. The minimum absolute atomic E-state index is 0.00517. The molecule has 2 heterocycles. The van der Waals surface area contributed by atoms with E-state index in [-0.39, 0.29) is 23.5 Å². The highest BCUT2D eigenvalue weighted by molar-refractivity contribution is 7.13. The molecule has 1 amide bonds.